The van der Waals surface area contributed by atoms with Crippen molar-refractivity contribution >= 4 is 0 Å². The van der Waals surface area contributed by atoms with Crippen LogP contribution in [0.2, 0.25) is 0 Å². The summed E-state index contributed by atoms with van der Waals surface area (Å²) in [5.41, 5.74) is 1.17. The van der Waals surface area contributed by atoms with Gasteiger partial charge in [0.2, 0.25) is 0 Å². The van der Waals surface area contributed by atoms with Crippen molar-refractivity contribution in [2.45, 2.75) is 86.2 Å². The summed E-state index contributed by atoms with van der Waals surface area (Å²) in [5.74, 6) is 0.809. The van der Waals surface area contributed by atoms with Crippen LogP contribution in [0.25, 0.3) is 0 Å². The number of nitrogens with one attached hydrogen (secondary N) is 1. The largest absolute Gasteiger partial charge is 0.309 e. The van der Waals surface area contributed by atoms with Gasteiger partial charge in [-0.2, -0.15) is 0 Å². The van der Waals surface area contributed by atoms with Crippen molar-refractivity contribution in [2.24, 2.45) is 16.7 Å². The van der Waals surface area contributed by atoms with Crippen molar-refractivity contribution < 1.29 is 0 Å². The second-order valence-electron chi connectivity index (χ2n) is 8.92. The first-order valence-corrected chi connectivity index (χ1v) is 7.18. The van der Waals surface area contributed by atoms with Gasteiger partial charge in [-0.15, -0.1) is 0 Å². The van der Waals surface area contributed by atoms with E-state index in [-0.39, 0.29) is 5.54 Å². The van der Waals surface area contributed by atoms with Crippen LogP contribution in [0.15, 0.2) is 0 Å². The normalized spacial score (nSPS) is 29.6. The molecule has 1 fully saturated rings. The summed E-state index contributed by atoms with van der Waals surface area (Å²) in [7, 11) is 0. The quantitative estimate of drug-likeness (QED) is 0.758. The van der Waals surface area contributed by atoms with Crippen molar-refractivity contribution in [3.8, 4) is 0 Å². The summed E-state index contributed by atoms with van der Waals surface area (Å²) in [6.45, 7) is 18.9. The smallest absolute Gasteiger partial charge is 0.0132 e. The molecule has 0 amide bonds. The van der Waals surface area contributed by atoms with Crippen molar-refractivity contribution in [3.05, 3.63) is 0 Å². The fraction of sp³-hybridized carbons (Fsp3) is 1.00. The van der Waals surface area contributed by atoms with Crippen LogP contribution >= 0.6 is 0 Å². The SMILES string of the molecule is CC1CC(C)(C)CC1NC(C)(C)CC(C)(C)C. The highest BCUT2D eigenvalue weighted by molar-refractivity contribution is 4.95. The summed E-state index contributed by atoms with van der Waals surface area (Å²) in [4.78, 5) is 0. The van der Waals surface area contributed by atoms with Crippen molar-refractivity contribution in [1.29, 1.82) is 0 Å². The Hall–Kier alpha value is -0.0400. The maximum absolute atomic E-state index is 3.92. The van der Waals surface area contributed by atoms with Crippen molar-refractivity contribution in [2.75, 3.05) is 0 Å². The Labute approximate surface area is 109 Å². The van der Waals surface area contributed by atoms with E-state index in [4.69, 9.17) is 0 Å². The zero-order valence-corrected chi connectivity index (χ0v) is 13.3. The molecule has 0 saturated heterocycles. The molecule has 0 bridgehead atoms. The van der Waals surface area contributed by atoms with Crippen LogP contribution in [-0.2, 0) is 0 Å². The average Bonchev–Trinajstić information content (AvgIpc) is 2.17. The zero-order chi connectivity index (χ0) is 13.5. The Balaban J connectivity index is 2.59. The molecule has 1 saturated carbocycles. The molecule has 102 valence electrons. The Morgan fingerprint density at radius 3 is 1.94 bits per heavy atom. The van der Waals surface area contributed by atoms with Crippen LogP contribution < -0.4 is 5.32 Å². The van der Waals surface area contributed by atoms with Crippen LogP contribution in [-0.4, -0.2) is 11.6 Å². The van der Waals surface area contributed by atoms with Gasteiger partial charge < -0.3 is 5.32 Å². The molecule has 2 atom stereocenters. The van der Waals surface area contributed by atoms with Crippen LogP contribution in [0, 0.1) is 16.7 Å². The lowest BCUT2D eigenvalue weighted by Gasteiger charge is -2.37. The van der Waals surface area contributed by atoms with E-state index in [9.17, 15) is 0 Å². The average molecular weight is 239 g/mol. The molecule has 1 rings (SSSR count). The second-order valence-corrected chi connectivity index (χ2v) is 8.92. The molecule has 0 spiro atoms. The van der Waals surface area contributed by atoms with Gasteiger partial charge in [-0.25, -0.2) is 0 Å². The molecule has 0 aromatic heterocycles. The van der Waals surface area contributed by atoms with Crippen LogP contribution in [0.4, 0.5) is 0 Å². The van der Waals surface area contributed by atoms with Crippen LogP contribution in [0.1, 0.15) is 74.7 Å². The minimum Gasteiger partial charge on any atom is -0.309 e. The molecule has 1 N–H and O–H groups in total. The molecule has 0 heterocycles. The van der Waals surface area contributed by atoms with Gasteiger partial charge in [-0.3, -0.25) is 0 Å². The minimum absolute atomic E-state index is 0.248. The Kier molecular flexibility index (Phi) is 4.04. The topological polar surface area (TPSA) is 12.0 Å². The first-order chi connectivity index (χ1) is 7.40. The van der Waals surface area contributed by atoms with Gasteiger partial charge in [-0.1, -0.05) is 41.5 Å². The second kappa shape index (κ2) is 4.57. The highest BCUT2D eigenvalue weighted by Crippen LogP contribution is 2.42. The van der Waals surface area contributed by atoms with Crippen LogP contribution in [0.3, 0.4) is 0 Å². The third kappa shape index (κ3) is 4.99. The van der Waals surface area contributed by atoms with Crippen molar-refractivity contribution in [3.63, 3.8) is 0 Å². The minimum atomic E-state index is 0.248. The van der Waals surface area contributed by atoms with E-state index in [1.165, 1.54) is 19.3 Å². The molecule has 0 aromatic rings. The van der Waals surface area contributed by atoms with Gasteiger partial charge in [0.05, 0.1) is 0 Å². The molecule has 1 heteroatoms. The molecular weight excluding hydrogens is 206 g/mol. The zero-order valence-electron chi connectivity index (χ0n) is 13.3. The predicted molar refractivity (Wildman–Crippen MR) is 77.3 cm³/mol. The summed E-state index contributed by atoms with van der Waals surface area (Å²) < 4.78 is 0. The lowest BCUT2D eigenvalue weighted by Crippen LogP contribution is -2.49. The number of hydrogen-bond donors (Lipinski definition) is 1. The van der Waals surface area contributed by atoms with E-state index in [2.05, 4.69) is 60.7 Å². The maximum atomic E-state index is 3.92. The lowest BCUT2D eigenvalue weighted by atomic mass is 9.81. The molecule has 1 aliphatic carbocycles. The Morgan fingerprint density at radius 2 is 1.59 bits per heavy atom. The van der Waals surface area contributed by atoms with Gasteiger partial charge >= 0.3 is 0 Å². The lowest BCUT2D eigenvalue weighted by molar-refractivity contribution is 0.208. The standard InChI is InChI=1S/C16H33N/c1-12-9-15(5,6)10-13(12)17-16(7,8)11-14(2,3)4/h12-13,17H,9-11H2,1-8H3. The third-order valence-corrected chi connectivity index (χ3v) is 3.88. The molecule has 0 aliphatic heterocycles. The van der Waals surface area contributed by atoms with Gasteiger partial charge in [0.1, 0.15) is 0 Å². The van der Waals surface area contributed by atoms with Gasteiger partial charge in [0.25, 0.3) is 0 Å². The molecule has 2 unspecified atom stereocenters. The molecule has 1 aliphatic rings. The number of rotatable bonds is 3. The highest BCUT2D eigenvalue weighted by Gasteiger charge is 2.39. The van der Waals surface area contributed by atoms with E-state index >= 15 is 0 Å². The first kappa shape index (κ1) is 15.0. The fourth-order valence-electron chi connectivity index (χ4n) is 3.97. The first-order valence-electron chi connectivity index (χ1n) is 7.18. The van der Waals surface area contributed by atoms with Gasteiger partial charge in [-0.05, 0) is 49.9 Å². The third-order valence-electron chi connectivity index (χ3n) is 3.88. The monoisotopic (exact) mass is 239 g/mol. The molecular formula is C16H33N. The highest BCUT2D eigenvalue weighted by atomic mass is 15.0. The predicted octanol–water partition coefficient (Wildman–Crippen LogP) is 4.62. The van der Waals surface area contributed by atoms with Gasteiger partial charge in [0.15, 0.2) is 0 Å². The van der Waals surface area contributed by atoms with E-state index < -0.39 is 0 Å². The van der Waals surface area contributed by atoms with E-state index in [1.807, 2.05) is 0 Å². The van der Waals surface area contributed by atoms with Gasteiger partial charge in [0, 0.05) is 11.6 Å². The molecule has 1 nitrogen and oxygen atoms in total. The van der Waals surface area contributed by atoms with Crippen LogP contribution in [0.5, 0.6) is 0 Å². The summed E-state index contributed by atoms with van der Waals surface area (Å²) in [6.07, 6.45) is 3.90. The summed E-state index contributed by atoms with van der Waals surface area (Å²) >= 11 is 0. The number of hydrogen-bond acceptors (Lipinski definition) is 1. The Morgan fingerprint density at radius 1 is 1.06 bits per heavy atom. The fourth-order valence-corrected chi connectivity index (χ4v) is 3.97. The van der Waals surface area contributed by atoms with E-state index in [1.54, 1.807) is 0 Å². The molecule has 17 heavy (non-hydrogen) atoms. The van der Waals surface area contributed by atoms with E-state index in [0.717, 1.165) is 5.92 Å². The van der Waals surface area contributed by atoms with Crippen molar-refractivity contribution in [1.82, 2.24) is 5.32 Å². The Bertz CT molecular complexity index is 257. The summed E-state index contributed by atoms with van der Waals surface area (Å²) in [5, 5.41) is 3.92. The summed E-state index contributed by atoms with van der Waals surface area (Å²) in [6, 6.07) is 0.697. The van der Waals surface area contributed by atoms with E-state index in [0.29, 0.717) is 16.9 Å². The molecule has 0 radical (unpaired) electrons. The molecule has 0 aromatic carbocycles. The maximum Gasteiger partial charge on any atom is 0.0132 e.